The average Bonchev–Trinajstić information content (AvgIpc) is 2.58. The Hall–Kier alpha value is -0.720. The van der Waals surface area contributed by atoms with Crippen LogP contribution in [0.5, 0.6) is 0 Å². The van der Waals surface area contributed by atoms with Crippen molar-refractivity contribution in [1.29, 1.82) is 0 Å². The summed E-state index contributed by atoms with van der Waals surface area (Å²) in [5, 5.41) is 7.21. The third-order valence-corrected chi connectivity index (χ3v) is 3.20. The van der Waals surface area contributed by atoms with Crippen molar-refractivity contribution < 1.29 is 0 Å². The molecule has 0 radical (unpaired) electrons. The summed E-state index contributed by atoms with van der Waals surface area (Å²) in [6.07, 6.45) is 0. The lowest BCUT2D eigenvalue weighted by molar-refractivity contribution is 0.407. The molecule has 1 aliphatic heterocycles. The molecule has 2 unspecified atom stereocenters. The number of nitrogens with two attached hydrogens (primary N) is 1. The minimum Gasteiger partial charge on any atom is -0.326 e. The van der Waals surface area contributed by atoms with Crippen molar-refractivity contribution in [2.45, 2.75) is 12.0 Å². The van der Waals surface area contributed by atoms with Crippen LogP contribution in [-0.4, -0.2) is 41.3 Å². The third kappa shape index (κ3) is 1.65. The van der Waals surface area contributed by atoms with Crippen LogP contribution in [0.2, 0.25) is 0 Å². The van der Waals surface area contributed by atoms with E-state index in [4.69, 9.17) is 5.73 Å². The molecule has 5 nitrogen and oxygen atoms in total. The Kier molecular flexibility index (Phi) is 2.19. The molecule has 2 atom stereocenters. The molecule has 0 spiro atoms. The zero-order chi connectivity index (χ0) is 9.42. The van der Waals surface area contributed by atoms with Gasteiger partial charge in [0.05, 0.1) is 0 Å². The van der Waals surface area contributed by atoms with Gasteiger partial charge in [-0.15, -0.1) is 0 Å². The Labute approximate surface area is 79.6 Å². The number of H-pyrrole nitrogens is 1. The molecule has 1 aromatic heterocycles. The van der Waals surface area contributed by atoms with Gasteiger partial charge in [0, 0.05) is 25.0 Å². The van der Waals surface area contributed by atoms with E-state index in [-0.39, 0.29) is 16.8 Å². The van der Waals surface area contributed by atoms with E-state index < -0.39 is 0 Å². The molecular weight excluding hydrogens is 188 g/mol. The number of aromatic amines is 1. The second-order valence-corrected chi connectivity index (χ2v) is 4.44. The Balaban J connectivity index is 2.22. The van der Waals surface area contributed by atoms with Crippen LogP contribution in [0.15, 0.2) is 4.79 Å². The third-order valence-electron chi connectivity index (χ3n) is 2.32. The number of likely N-dealkylation sites (tertiary alicyclic amines) is 1. The van der Waals surface area contributed by atoms with Crippen molar-refractivity contribution in [2.24, 2.45) is 5.73 Å². The van der Waals surface area contributed by atoms with Gasteiger partial charge >= 0.3 is 4.87 Å². The maximum absolute atomic E-state index is 10.9. The highest BCUT2D eigenvalue weighted by atomic mass is 32.1. The maximum Gasteiger partial charge on any atom is 0.322 e. The first-order valence-corrected chi connectivity index (χ1v) is 4.98. The van der Waals surface area contributed by atoms with Crippen molar-refractivity contribution in [3.63, 3.8) is 0 Å². The van der Waals surface area contributed by atoms with Gasteiger partial charge in [0.1, 0.15) is 5.01 Å². The van der Waals surface area contributed by atoms with Crippen molar-refractivity contribution in [3.8, 4) is 0 Å². The fourth-order valence-corrected chi connectivity index (χ4v) is 2.47. The lowest BCUT2D eigenvalue weighted by atomic mass is 10.1. The van der Waals surface area contributed by atoms with Crippen LogP contribution in [0, 0.1) is 0 Å². The fourth-order valence-electron chi connectivity index (χ4n) is 1.69. The molecule has 0 amide bonds. The summed E-state index contributed by atoms with van der Waals surface area (Å²) in [6, 6.07) is 0.101. The number of hydrogen-bond donors (Lipinski definition) is 2. The van der Waals surface area contributed by atoms with Gasteiger partial charge in [0.2, 0.25) is 0 Å². The first-order chi connectivity index (χ1) is 6.16. The number of aromatic nitrogens is 2. The smallest absolute Gasteiger partial charge is 0.322 e. The Bertz CT molecular complexity index is 346. The predicted molar refractivity (Wildman–Crippen MR) is 50.9 cm³/mol. The molecule has 0 saturated carbocycles. The molecule has 0 aromatic carbocycles. The predicted octanol–water partition coefficient (Wildman–Crippen LogP) is -0.812. The number of nitrogens with zero attached hydrogens (tertiary/aromatic N) is 2. The summed E-state index contributed by atoms with van der Waals surface area (Å²) < 4.78 is 0. The van der Waals surface area contributed by atoms with E-state index in [1.54, 1.807) is 0 Å². The SMILES string of the molecule is CN1CC(N)C(c2n[nH]c(=O)s2)C1. The van der Waals surface area contributed by atoms with Crippen molar-refractivity contribution in [2.75, 3.05) is 20.1 Å². The highest BCUT2D eigenvalue weighted by molar-refractivity contribution is 7.08. The Morgan fingerprint density at radius 2 is 2.46 bits per heavy atom. The van der Waals surface area contributed by atoms with E-state index in [9.17, 15) is 4.79 Å². The van der Waals surface area contributed by atoms with Crippen LogP contribution in [0.1, 0.15) is 10.9 Å². The van der Waals surface area contributed by atoms with Gasteiger partial charge in [-0.25, -0.2) is 5.10 Å². The van der Waals surface area contributed by atoms with Crippen molar-refractivity contribution >= 4 is 11.3 Å². The van der Waals surface area contributed by atoms with Crippen LogP contribution in [0.4, 0.5) is 0 Å². The zero-order valence-corrected chi connectivity index (χ0v) is 8.17. The van der Waals surface area contributed by atoms with Gasteiger partial charge in [-0.1, -0.05) is 11.3 Å². The van der Waals surface area contributed by atoms with Crippen LogP contribution >= 0.6 is 11.3 Å². The lowest BCUT2D eigenvalue weighted by Gasteiger charge is -2.08. The van der Waals surface area contributed by atoms with Gasteiger partial charge in [-0.2, -0.15) is 5.10 Å². The van der Waals surface area contributed by atoms with E-state index in [0.29, 0.717) is 0 Å². The van der Waals surface area contributed by atoms with Crippen LogP contribution in [0.3, 0.4) is 0 Å². The van der Waals surface area contributed by atoms with Crippen LogP contribution in [-0.2, 0) is 0 Å². The summed E-state index contributed by atoms with van der Waals surface area (Å²) >= 11 is 1.16. The highest BCUT2D eigenvalue weighted by Crippen LogP contribution is 2.24. The van der Waals surface area contributed by atoms with Gasteiger partial charge in [-0.05, 0) is 7.05 Å². The van der Waals surface area contributed by atoms with E-state index in [1.807, 2.05) is 7.05 Å². The second kappa shape index (κ2) is 3.21. The van der Waals surface area contributed by atoms with Crippen LogP contribution < -0.4 is 10.6 Å². The lowest BCUT2D eigenvalue weighted by Crippen LogP contribution is -2.27. The number of hydrogen-bond acceptors (Lipinski definition) is 5. The largest absolute Gasteiger partial charge is 0.326 e. The first-order valence-electron chi connectivity index (χ1n) is 4.16. The molecule has 13 heavy (non-hydrogen) atoms. The van der Waals surface area contributed by atoms with Crippen molar-refractivity contribution in [1.82, 2.24) is 15.1 Å². The molecule has 2 heterocycles. The molecule has 0 aliphatic carbocycles. The highest BCUT2D eigenvalue weighted by Gasteiger charge is 2.31. The number of nitrogens with one attached hydrogen (secondary N) is 1. The van der Waals surface area contributed by atoms with Gasteiger partial charge in [0.25, 0.3) is 0 Å². The zero-order valence-electron chi connectivity index (χ0n) is 7.36. The normalized spacial score (nSPS) is 29.7. The summed E-state index contributed by atoms with van der Waals surface area (Å²) in [4.78, 5) is 12.9. The van der Waals surface area contributed by atoms with E-state index in [0.717, 1.165) is 29.4 Å². The van der Waals surface area contributed by atoms with Gasteiger partial charge < -0.3 is 10.6 Å². The second-order valence-electron chi connectivity index (χ2n) is 3.44. The summed E-state index contributed by atoms with van der Waals surface area (Å²) in [6.45, 7) is 1.76. The van der Waals surface area contributed by atoms with Crippen molar-refractivity contribution in [3.05, 3.63) is 14.7 Å². The molecule has 3 N–H and O–H groups in total. The molecule has 0 bridgehead atoms. The van der Waals surface area contributed by atoms with E-state index in [1.165, 1.54) is 0 Å². The van der Waals surface area contributed by atoms with Gasteiger partial charge in [0.15, 0.2) is 0 Å². The summed E-state index contributed by atoms with van der Waals surface area (Å²) in [7, 11) is 2.02. The Morgan fingerprint density at radius 3 is 2.92 bits per heavy atom. The minimum absolute atomic E-state index is 0.100. The Morgan fingerprint density at radius 1 is 1.69 bits per heavy atom. The molecule has 1 aliphatic rings. The monoisotopic (exact) mass is 200 g/mol. The minimum atomic E-state index is -0.100. The van der Waals surface area contributed by atoms with Crippen LogP contribution in [0.25, 0.3) is 0 Å². The van der Waals surface area contributed by atoms with E-state index in [2.05, 4.69) is 15.1 Å². The topological polar surface area (TPSA) is 75.0 Å². The number of likely N-dealkylation sites (N-methyl/N-ethyl adjacent to an activating group) is 1. The maximum atomic E-state index is 10.9. The van der Waals surface area contributed by atoms with E-state index >= 15 is 0 Å². The molecule has 2 rings (SSSR count). The molecular formula is C7H12N4OS. The quantitative estimate of drug-likeness (QED) is 0.621. The number of rotatable bonds is 1. The molecule has 6 heteroatoms. The first kappa shape index (κ1) is 8.86. The summed E-state index contributed by atoms with van der Waals surface area (Å²) in [5.74, 6) is 0.217. The standard InChI is InChI=1S/C7H12N4OS/c1-11-2-4(5(8)3-11)6-9-10-7(12)13-6/h4-5H,2-3,8H2,1H3,(H,10,12). The fraction of sp³-hybridized carbons (Fsp3) is 0.714. The molecule has 1 fully saturated rings. The summed E-state index contributed by atoms with van der Waals surface area (Å²) in [5.41, 5.74) is 5.92. The molecule has 1 aromatic rings. The molecule has 1 saturated heterocycles. The van der Waals surface area contributed by atoms with Gasteiger partial charge in [-0.3, -0.25) is 4.79 Å². The molecule has 72 valence electrons. The average molecular weight is 200 g/mol.